The Morgan fingerprint density at radius 3 is 2.46 bits per heavy atom. The molecule has 2 aromatic carbocycles. The number of carbonyl (C=O) groups excluding carboxylic acids is 1. The number of rotatable bonds is 6. The predicted octanol–water partition coefficient (Wildman–Crippen LogP) is 6.32. The first kappa shape index (κ1) is 27.0. The van der Waals surface area contributed by atoms with Gasteiger partial charge < -0.3 is 9.80 Å². The quantitative estimate of drug-likeness (QED) is 0.340. The summed E-state index contributed by atoms with van der Waals surface area (Å²) in [5.74, 6) is -0.0514. The highest BCUT2D eigenvalue weighted by Gasteiger charge is 2.40. The van der Waals surface area contributed by atoms with Crippen LogP contribution in [0.15, 0.2) is 48.7 Å². The number of aryl methyl sites for hydroxylation is 1. The van der Waals surface area contributed by atoms with Crippen LogP contribution in [-0.2, 0) is 25.8 Å². The van der Waals surface area contributed by atoms with Crippen LogP contribution in [0.2, 0.25) is 0 Å². The van der Waals surface area contributed by atoms with E-state index in [0.717, 1.165) is 11.6 Å². The lowest BCUT2D eigenvalue weighted by molar-refractivity contribution is -0.138. The first-order valence-electron chi connectivity index (χ1n) is 13.0. The summed E-state index contributed by atoms with van der Waals surface area (Å²) in [6.45, 7) is 4.15. The summed E-state index contributed by atoms with van der Waals surface area (Å²) in [5.41, 5.74) is 1.16. The number of hydrogen-bond donors (Lipinski definition) is 0. The second-order valence-electron chi connectivity index (χ2n) is 10.3. The lowest BCUT2D eigenvalue weighted by Gasteiger charge is -2.43. The molecule has 1 saturated heterocycles. The van der Waals surface area contributed by atoms with E-state index in [9.17, 15) is 26.7 Å². The van der Waals surface area contributed by atoms with Crippen LogP contribution < -0.4 is 9.80 Å². The molecule has 2 aliphatic heterocycles. The van der Waals surface area contributed by atoms with E-state index in [1.54, 1.807) is 17.2 Å². The van der Waals surface area contributed by atoms with Crippen molar-refractivity contribution >= 4 is 17.5 Å². The van der Waals surface area contributed by atoms with Gasteiger partial charge in [-0.15, -0.1) is 0 Å². The van der Waals surface area contributed by atoms with E-state index in [-0.39, 0.29) is 42.9 Å². The molecule has 0 spiro atoms. The Bertz CT molecular complexity index is 1330. The van der Waals surface area contributed by atoms with Gasteiger partial charge in [0.15, 0.2) is 5.82 Å². The maximum absolute atomic E-state index is 14.6. The number of piperidine rings is 1. The molecule has 1 unspecified atom stereocenters. The maximum atomic E-state index is 14.6. The molecule has 3 aromatic rings. The van der Waals surface area contributed by atoms with Crippen molar-refractivity contribution in [3.8, 4) is 0 Å². The van der Waals surface area contributed by atoms with Crippen LogP contribution in [0.3, 0.4) is 0 Å². The van der Waals surface area contributed by atoms with Crippen LogP contribution >= 0.6 is 0 Å². The number of carbonyl (C=O) groups is 1. The molecule has 3 heterocycles. The number of benzene rings is 2. The Kier molecular flexibility index (Phi) is 7.26. The van der Waals surface area contributed by atoms with Crippen LogP contribution in [0.1, 0.15) is 42.0 Å². The second kappa shape index (κ2) is 10.5. The highest BCUT2D eigenvalue weighted by Crippen LogP contribution is 2.37. The Labute approximate surface area is 223 Å². The SMILES string of the molecule is Cc1cccc(F)c1N1CCC(N2Cc3cn(CC(C)F)nc3N(Cc3ccccc3C(F)(F)F)C2=O)CC1. The molecule has 2 amide bonds. The Morgan fingerprint density at radius 2 is 1.79 bits per heavy atom. The smallest absolute Gasteiger partial charge is 0.369 e. The van der Waals surface area contributed by atoms with E-state index < -0.39 is 23.9 Å². The standard InChI is InChI=1S/C28H30F5N5O/c1-18-6-5-9-24(30)25(18)35-12-10-22(11-13-35)37-17-21-15-36(14-19(2)29)34-26(21)38(27(37)39)16-20-7-3-4-8-23(20)28(31,32)33/h3-9,15,19,22H,10-14,16-17H2,1-2H3. The Hall–Kier alpha value is -3.63. The maximum Gasteiger partial charge on any atom is 0.416 e. The van der Waals surface area contributed by atoms with Gasteiger partial charge in [0.1, 0.15) is 12.0 Å². The molecular formula is C28H30F5N5O. The molecule has 2 aliphatic rings. The summed E-state index contributed by atoms with van der Waals surface area (Å²) in [6.07, 6.45) is -2.98. The number of fused-ring (bicyclic) bond motifs is 1. The number of alkyl halides is 4. The van der Waals surface area contributed by atoms with Gasteiger partial charge in [-0.05, 0) is 49.9 Å². The fraction of sp³-hybridized carbons (Fsp3) is 0.429. The Balaban J connectivity index is 1.42. The number of nitrogens with zero attached hydrogens (tertiary/aromatic N) is 5. The molecule has 0 saturated carbocycles. The van der Waals surface area contributed by atoms with Crippen molar-refractivity contribution in [2.24, 2.45) is 0 Å². The molecule has 0 bridgehead atoms. The lowest BCUT2D eigenvalue weighted by Crippen LogP contribution is -2.54. The minimum atomic E-state index is -4.58. The van der Waals surface area contributed by atoms with Gasteiger partial charge in [0.05, 0.1) is 30.9 Å². The first-order chi connectivity index (χ1) is 18.5. The molecule has 0 aliphatic carbocycles. The average molecular weight is 548 g/mol. The molecule has 1 fully saturated rings. The van der Waals surface area contributed by atoms with Crippen molar-refractivity contribution in [3.05, 3.63) is 76.7 Å². The zero-order chi connectivity index (χ0) is 27.9. The van der Waals surface area contributed by atoms with Crippen LogP contribution in [0.4, 0.5) is 38.3 Å². The zero-order valence-corrected chi connectivity index (χ0v) is 21.8. The van der Waals surface area contributed by atoms with Crippen molar-refractivity contribution in [2.75, 3.05) is 22.9 Å². The van der Waals surface area contributed by atoms with Crippen LogP contribution in [0, 0.1) is 12.7 Å². The molecule has 208 valence electrons. The fourth-order valence-electron chi connectivity index (χ4n) is 5.60. The van der Waals surface area contributed by atoms with Crippen molar-refractivity contribution in [3.63, 3.8) is 0 Å². The number of hydrogen-bond acceptors (Lipinski definition) is 3. The summed E-state index contributed by atoms with van der Waals surface area (Å²) >= 11 is 0. The summed E-state index contributed by atoms with van der Waals surface area (Å²) in [6, 6.07) is 9.46. The van der Waals surface area contributed by atoms with E-state index in [1.165, 1.54) is 40.8 Å². The van der Waals surface area contributed by atoms with Gasteiger partial charge in [-0.2, -0.15) is 18.3 Å². The summed E-state index contributed by atoms with van der Waals surface area (Å²) < 4.78 is 70.9. The number of amides is 2. The van der Waals surface area contributed by atoms with Gasteiger partial charge in [-0.3, -0.25) is 9.58 Å². The van der Waals surface area contributed by atoms with E-state index in [1.807, 2.05) is 17.9 Å². The first-order valence-corrected chi connectivity index (χ1v) is 13.0. The molecule has 39 heavy (non-hydrogen) atoms. The normalized spacial score (nSPS) is 17.5. The minimum Gasteiger partial charge on any atom is -0.369 e. The predicted molar refractivity (Wildman–Crippen MR) is 138 cm³/mol. The molecule has 0 radical (unpaired) electrons. The summed E-state index contributed by atoms with van der Waals surface area (Å²) in [5, 5.41) is 4.39. The van der Waals surface area contributed by atoms with Gasteiger partial charge in [-0.1, -0.05) is 30.3 Å². The largest absolute Gasteiger partial charge is 0.416 e. The number of urea groups is 1. The van der Waals surface area contributed by atoms with Crippen molar-refractivity contribution < 1.29 is 26.7 Å². The van der Waals surface area contributed by atoms with Gasteiger partial charge >= 0.3 is 12.2 Å². The second-order valence-corrected chi connectivity index (χ2v) is 10.3. The van der Waals surface area contributed by atoms with E-state index >= 15 is 0 Å². The molecule has 5 rings (SSSR count). The highest BCUT2D eigenvalue weighted by atomic mass is 19.4. The van der Waals surface area contributed by atoms with Gasteiger partial charge in [-0.25, -0.2) is 13.6 Å². The lowest BCUT2D eigenvalue weighted by atomic mass is 10.00. The minimum absolute atomic E-state index is 0.0332. The number of anilines is 2. The fourth-order valence-corrected chi connectivity index (χ4v) is 5.60. The Morgan fingerprint density at radius 1 is 1.08 bits per heavy atom. The van der Waals surface area contributed by atoms with Crippen molar-refractivity contribution in [2.45, 2.75) is 64.7 Å². The number of aromatic nitrogens is 2. The van der Waals surface area contributed by atoms with Crippen LogP contribution in [-0.4, -0.2) is 46.0 Å². The van der Waals surface area contributed by atoms with E-state index in [4.69, 9.17) is 0 Å². The molecule has 1 atom stereocenters. The summed E-state index contributed by atoms with van der Waals surface area (Å²) in [7, 11) is 0. The van der Waals surface area contributed by atoms with Crippen LogP contribution in [0.25, 0.3) is 0 Å². The highest BCUT2D eigenvalue weighted by molar-refractivity contribution is 5.94. The topological polar surface area (TPSA) is 44.6 Å². The molecule has 11 heteroatoms. The zero-order valence-electron chi connectivity index (χ0n) is 21.8. The van der Waals surface area contributed by atoms with Gasteiger partial charge in [0.2, 0.25) is 0 Å². The third kappa shape index (κ3) is 5.44. The third-order valence-electron chi connectivity index (χ3n) is 7.39. The molecular weight excluding hydrogens is 517 g/mol. The summed E-state index contributed by atoms with van der Waals surface area (Å²) in [4.78, 5) is 18.7. The number of halogens is 5. The monoisotopic (exact) mass is 547 g/mol. The van der Waals surface area contributed by atoms with E-state index in [2.05, 4.69) is 5.10 Å². The third-order valence-corrected chi connectivity index (χ3v) is 7.39. The molecule has 0 N–H and O–H groups in total. The number of para-hydroxylation sites is 1. The van der Waals surface area contributed by atoms with Crippen molar-refractivity contribution in [1.29, 1.82) is 0 Å². The van der Waals surface area contributed by atoms with Crippen LogP contribution in [0.5, 0.6) is 0 Å². The molecule has 6 nitrogen and oxygen atoms in total. The average Bonchev–Trinajstić information content (AvgIpc) is 3.27. The van der Waals surface area contributed by atoms with E-state index in [0.29, 0.717) is 37.2 Å². The van der Waals surface area contributed by atoms with Crippen molar-refractivity contribution in [1.82, 2.24) is 14.7 Å². The van der Waals surface area contributed by atoms with Gasteiger partial charge in [0, 0.05) is 30.9 Å². The van der Waals surface area contributed by atoms with Gasteiger partial charge in [0.25, 0.3) is 0 Å². The molecule has 1 aromatic heterocycles.